The van der Waals surface area contributed by atoms with Gasteiger partial charge in [0.25, 0.3) is 10.0 Å². The first-order valence-electron chi connectivity index (χ1n) is 12.2. The number of aryl methyl sites for hydroxylation is 1. The molecule has 0 unspecified atom stereocenters. The minimum atomic E-state index is -4.23. The maximum atomic E-state index is 13.9. The Morgan fingerprint density at radius 1 is 0.846 bits per heavy atom. The van der Waals surface area contributed by atoms with Gasteiger partial charge in [-0.05, 0) is 75.7 Å². The van der Waals surface area contributed by atoms with Crippen LogP contribution in [0.25, 0.3) is 0 Å². The second-order valence-electron chi connectivity index (χ2n) is 9.44. The zero-order chi connectivity index (χ0) is 28.9. The van der Waals surface area contributed by atoms with E-state index in [0.29, 0.717) is 5.02 Å². The first-order chi connectivity index (χ1) is 18.3. The van der Waals surface area contributed by atoms with Gasteiger partial charge in [-0.15, -0.1) is 0 Å². The summed E-state index contributed by atoms with van der Waals surface area (Å²) in [6, 6.07) is 16.4. The molecule has 3 aromatic rings. The molecule has 208 valence electrons. The van der Waals surface area contributed by atoms with Crippen molar-refractivity contribution < 1.29 is 18.0 Å². The first kappa shape index (κ1) is 30.8. The lowest BCUT2D eigenvalue weighted by Crippen LogP contribution is -2.52. The Balaban J connectivity index is 2.06. The second kappa shape index (κ2) is 13.0. The summed E-state index contributed by atoms with van der Waals surface area (Å²) in [7, 11) is -4.23. The molecule has 0 aliphatic heterocycles. The van der Waals surface area contributed by atoms with E-state index < -0.39 is 28.5 Å². The number of halogens is 3. The molecule has 0 aliphatic rings. The van der Waals surface area contributed by atoms with E-state index in [4.69, 9.17) is 34.8 Å². The number of carbonyl (C=O) groups is 2. The molecule has 0 saturated carbocycles. The smallest absolute Gasteiger partial charge is 0.264 e. The van der Waals surface area contributed by atoms with E-state index in [2.05, 4.69) is 5.32 Å². The van der Waals surface area contributed by atoms with Crippen molar-refractivity contribution in [3.8, 4) is 0 Å². The van der Waals surface area contributed by atoms with Gasteiger partial charge in [0.05, 0.1) is 10.6 Å². The van der Waals surface area contributed by atoms with Crippen molar-refractivity contribution in [1.82, 2.24) is 10.2 Å². The van der Waals surface area contributed by atoms with E-state index in [-0.39, 0.29) is 39.1 Å². The number of hydrogen-bond donors (Lipinski definition) is 1. The van der Waals surface area contributed by atoms with Gasteiger partial charge in [-0.1, -0.05) is 64.6 Å². The number of hydrogen-bond acceptors (Lipinski definition) is 4. The maximum absolute atomic E-state index is 13.9. The lowest BCUT2D eigenvalue weighted by Gasteiger charge is -2.32. The fourth-order valence-electron chi connectivity index (χ4n) is 3.82. The predicted molar refractivity (Wildman–Crippen MR) is 157 cm³/mol. The number of nitrogens with zero attached hydrogens (tertiary/aromatic N) is 2. The fourth-order valence-corrected chi connectivity index (χ4v) is 5.86. The molecule has 0 saturated heterocycles. The number of benzene rings is 3. The number of anilines is 1. The highest BCUT2D eigenvalue weighted by molar-refractivity contribution is 7.92. The summed E-state index contributed by atoms with van der Waals surface area (Å²) in [5, 5.41) is 3.75. The van der Waals surface area contributed by atoms with E-state index >= 15 is 0 Å². The van der Waals surface area contributed by atoms with Crippen LogP contribution < -0.4 is 9.62 Å². The van der Waals surface area contributed by atoms with Crippen LogP contribution in [0.15, 0.2) is 71.6 Å². The topological polar surface area (TPSA) is 86.8 Å². The van der Waals surface area contributed by atoms with Crippen LogP contribution in [0.4, 0.5) is 5.69 Å². The van der Waals surface area contributed by atoms with Gasteiger partial charge in [-0.3, -0.25) is 13.9 Å². The lowest BCUT2D eigenvalue weighted by molar-refractivity contribution is -0.139. The molecule has 1 N–H and O–H groups in total. The SMILES string of the molecule is Cc1ccc(S(=O)(=O)N(CC(=O)N(Cc2ccc(Cl)cc2)[C@@H](C)C(=O)NC(C)C)c2cc(Cl)cc(Cl)c2)cc1. The standard InChI is InChI=1S/C28H30Cl3N3O4S/c1-18(2)32-28(36)20(4)33(16-21-7-9-22(29)10-8-21)27(35)17-34(25-14-23(30)13-24(31)15-25)39(37,38)26-11-5-19(3)6-12-26/h5-15,18,20H,16-17H2,1-4H3,(H,32,36)/t20-/m0/s1. The Bertz CT molecular complexity index is 1410. The third-order valence-electron chi connectivity index (χ3n) is 5.89. The predicted octanol–water partition coefficient (Wildman–Crippen LogP) is 6.09. The van der Waals surface area contributed by atoms with Crippen LogP contribution in [0.1, 0.15) is 31.9 Å². The van der Waals surface area contributed by atoms with Gasteiger partial charge in [-0.2, -0.15) is 0 Å². The highest BCUT2D eigenvalue weighted by atomic mass is 35.5. The van der Waals surface area contributed by atoms with Gasteiger partial charge in [0.15, 0.2) is 0 Å². The summed E-state index contributed by atoms with van der Waals surface area (Å²) in [4.78, 5) is 28.2. The van der Waals surface area contributed by atoms with Gasteiger partial charge in [0.2, 0.25) is 11.8 Å². The van der Waals surface area contributed by atoms with Crippen LogP contribution in [-0.2, 0) is 26.2 Å². The number of sulfonamides is 1. The number of rotatable bonds is 10. The largest absolute Gasteiger partial charge is 0.352 e. The molecule has 1 atom stereocenters. The van der Waals surface area contributed by atoms with E-state index in [1.54, 1.807) is 43.3 Å². The van der Waals surface area contributed by atoms with Crippen molar-refractivity contribution in [2.24, 2.45) is 0 Å². The van der Waals surface area contributed by atoms with E-state index in [1.807, 2.05) is 20.8 Å². The van der Waals surface area contributed by atoms with Crippen LogP contribution in [0.2, 0.25) is 15.1 Å². The van der Waals surface area contributed by atoms with Gasteiger partial charge >= 0.3 is 0 Å². The summed E-state index contributed by atoms with van der Waals surface area (Å²) >= 11 is 18.4. The van der Waals surface area contributed by atoms with Crippen LogP contribution in [0, 0.1) is 6.92 Å². The molecule has 3 rings (SSSR count). The maximum Gasteiger partial charge on any atom is 0.264 e. The molecule has 2 amide bonds. The molecule has 39 heavy (non-hydrogen) atoms. The van der Waals surface area contributed by atoms with Crippen molar-refractivity contribution in [1.29, 1.82) is 0 Å². The average molecular weight is 611 g/mol. The van der Waals surface area contributed by atoms with Gasteiger partial charge < -0.3 is 10.2 Å². The van der Waals surface area contributed by atoms with E-state index in [1.165, 1.54) is 35.2 Å². The second-order valence-corrected chi connectivity index (χ2v) is 12.6. The zero-order valence-electron chi connectivity index (χ0n) is 22.0. The molecule has 0 heterocycles. The number of nitrogens with one attached hydrogen (secondary N) is 1. The minimum absolute atomic E-state index is 0.00755. The molecule has 0 spiro atoms. The van der Waals surface area contributed by atoms with Crippen molar-refractivity contribution in [2.45, 2.75) is 51.2 Å². The van der Waals surface area contributed by atoms with Crippen molar-refractivity contribution in [2.75, 3.05) is 10.8 Å². The Morgan fingerprint density at radius 3 is 1.95 bits per heavy atom. The summed E-state index contributed by atoms with van der Waals surface area (Å²) < 4.78 is 28.6. The van der Waals surface area contributed by atoms with Crippen LogP contribution >= 0.6 is 34.8 Å². The molecule has 0 fully saturated rings. The number of carbonyl (C=O) groups excluding carboxylic acids is 2. The van der Waals surface area contributed by atoms with Gasteiger partial charge in [0, 0.05) is 27.7 Å². The van der Waals surface area contributed by atoms with Crippen molar-refractivity contribution in [3.05, 3.63) is 92.9 Å². The van der Waals surface area contributed by atoms with Crippen molar-refractivity contribution >= 4 is 62.3 Å². The van der Waals surface area contributed by atoms with Gasteiger partial charge in [0.1, 0.15) is 12.6 Å². The molecule has 0 aromatic heterocycles. The van der Waals surface area contributed by atoms with Crippen LogP contribution in [0.5, 0.6) is 0 Å². The van der Waals surface area contributed by atoms with Crippen LogP contribution in [-0.4, -0.2) is 43.8 Å². The molecule has 11 heteroatoms. The third kappa shape index (κ3) is 8.11. The molecule has 3 aromatic carbocycles. The van der Waals surface area contributed by atoms with E-state index in [0.717, 1.165) is 15.4 Å². The van der Waals surface area contributed by atoms with E-state index in [9.17, 15) is 18.0 Å². The Hall–Kier alpha value is -2.78. The average Bonchev–Trinajstić information content (AvgIpc) is 2.85. The molecular formula is C28H30Cl3N3O4S. The summed E-state index contributed by atoms with van der Waals surface area (Å²) in [5.41, 5.74) is 1.71. The highest BCUT2D eigenvalue weighted by Gasteiger charge is 2.33. The quantitative estimate of drug-likeness (QED) is 0.301. The molecule has 0 radical (unpaired) electrons. The van der Waals surface area contributed by atoms with Crippen molar-refractivity contribution in [3.63, 3.8) is 0 Å². The first-order valence-corrected chi connectivity index (χ1v) is 14.7. The fraction of sp³-hybridized carbons (Fsp3) is 0.286. The Kier molecular flexibility index (Phi) is 10.3. The third-order valence-corrected chi connectivity index (χ3v) is 8.36. The minimum Gasteiger partial charge on any atom is -0.352 e. The summed E-state index contributed by atoms with van der Waals surface area (Å²) in [5.74, 6) is -0.964. The highest BCUT2D eigenvalue weighted by Crippen LogP contribution is 2.30. The molecule has 0 bridgehead atoms. The summed E-state index contributed by atoms with van der Waals surface area (Å²) in [6.07, 6.45) is 0. The lowest BCUT2D eigenvalue weighted by atomic mass is 10.1. The molecular weight excluding hydrogens is 581 g/mol. The summed E-state index contributed by atoms with van der Waals surface area (Å²) in [6.45, 7) is 6.52. The Labute approximate surface area is 244 Å². The Morgan fingerprint density at radius 2 is 1.41 bits per heavy atom. The monoisotopic (exact) mass is 609 g/mol. The molecule has 7 nitrogen and oxygen atoms in total. The van der Waals surface area contributed by atoms with Gasteiger partial charge in [-0.25, -0.2) is 8.42 Å². The molecule has 0 aliphatic carbocycles. The normalized spacial score (nSPS) is 12.2. The number of amides is 2. The zero-order valence-corrected chi connectivity index (χ0v) is 25.1. The van der Waals surface area contributed by atoms with Crippen LogP contribution in [0.3, 0.4) is 0 Å².